The third-order valence-corrected chi connectivity index (χ3v) is 3.57. The van der Waals surface area contributed by atoms with Gasteiger partial charge in [-0.2, -0.15) is 0 Å². The molecule has 1 atom stereocenters. The van der Waals surface area contributed by atoms with Gasteiger partial charge in [0.05, 0.1) is 6.61 Å². The normalized spacial score (nSPS) is 20.8. The molecule has 1 rings (SSSR count). The lowest BCUT2D eigenvalue weighted by molar-refractivity contribution is 0.151. The highest BCUT2D eigenvalue weighted by molar-refractivity contribution is 4.96. The van der Waals surface area contributed by atoms with Crippen LogP contribution in [0.2, 0.25) is 0 Å². The van der Waals surface area contributed by atoms with Gasteiger partial charge in [0.2, 0.25) is 0 Å². The molecule has 0 bridgehead atoms. The fourth-order valence-corrected chi connectivity index (χ4v) is 2.62. The van der Waals surface area contributed by atoms with Gasteiger partial charge in [-0.3, -0.25) is 0 Å². The molecule has 0 aromatic carbocycles. The van der Waals surface area contributed by atoms with E-state index in [1.165, 1.54) is 18.4 Å². The van der Waals surface area contributed by atoms with Crippen LogP contribution in [0.3, 0.4) is 0 Å². The Labute approximate surface area is 100 Å². The van der Waals surface area contributed by atoms with E-state index in [2.05, 4.69) is 32.2 Å². The third kappa shape index (κ3) is 4.26. The van der Waals surface area contributed by atoms with Gasteiger partial charge in [0.25, 0.3) is 0 Å². The fourth-order valence-electron chi connectivity index (χ4n) is 2.62. The van der Waals surface area contributed by atoms with Crippen molar-refractivity contribution in [3.8, 4) is 0 Å². The molecule has 0 aromatic rings. The van der Waals surface area contributed by atoms with E-state index in [-0.39, 0.29) is 5.54 Å². The fraction of sp³-hybridized carbons (Fsp3) is 0.857. The molecule has 0 radical (unpaired) electrons. The minimum absolute atomic E-state index is 0.0321. The summed E-state index contributed by atoms with van der Waals surface area (Å²) in [6.45, 7) is 6.81. The molecular formula is C14H27NO. The molecule has 1 unspecified atom stereocenters. The van der Waals surface area contributed by atoms with E-state index < -0.39 is 0 Å². The van der Waals surface area contributed by atoms with Gasteiger partial charge in [0.15, 0.2) is 0 Å². The zero-order valence-corrected chi connectivity index (χ0v) is 11.1. The number of allylic oxidation sites excluding steroid dienone is 2. The molecule has 1 saturated carbocycles. The third-order valence-electron chi connectivity index (χ3n) is 3.57. The van der Waals surface area contributed by atoms with Crippen LogP contribution in [0.5, 0.6) is 0 Å². The molecular weight excluding hydrogens is 198 g/mol. The topological polar surface area (TPSA) is 32.3 Å². The van der Waals surface area contributed by atoms with Crippen LogP contribution in [-0.2, 0) is 0 Å². The molecule has 94 valence electrons. The van der Waals surface area contributed by atoms with Gasteiger partial charge in [-0.15, -0.1) is 0 Å². The maximum Gasteiger partial charge on any atom is 0.0613 e. The van der Waals surface area contributed by atoms with Gasteiger partial charge < -0.3 is 10.4 Å². The predicted octanol–water partition coefficient (Wildman–Crippen LogP) is 3.02. The lowest BCUT2D eigenvalue weighted by Gasteiger charge is -2.31. The number of hydrogen-bond donors (Lipinski definition) is 2. The zero-order chi connectivity index (χ0) is 12.0. The average Bonchev–Trinajstić information content (AvgIpc) is 2.66. The summed E-state index contributed by atoms with van der Waals surface area (Å²) in [5, 5.41) is 13.1. The number of aliphatic hydroxyl groups is 1. The Morgan fingerprint density at radius 1 is 1.38 bits per heavy atom. The van der Waals surface area contributed by atoms with Crippen LogP contribution >= 0.6 is 0 Å². The highest BCUT2D eigenvalue weighted by atomic mass is 16.3. The molecule has 0 amide bonds. The Kier molecular flexibility index (Phi) is 5.50. The Morgan fingerprint density at radius 3 is 2.50 bits per heavy atom. The second-order valence-electron chi connectivity index (χ2n) is 5.55. The summed E-state index contributed by atoms with van der Waals surface area (Å²) in [7, 11) is 0. The molecule has 0 aromatic heterocycles. The maximum atomic E-state index is 9.50. The highest BCUT2D eigenvalue weighted by Crippen LogP contribution is 2.29. The first-order valence-electron chi connectivity index (χ1n) is 6.60. The van der Waals surface area contributed by atoms with E-state index >= 15 is 0 Å². The van der Waals surface area contributed by atoms with Gasteiger partial charge in [-0.05, 0) is 46.5 Å². The lowest BCUT2D eigenvalue weighted by atomic mass is 9.96. The first kappa shape index (κ1) is 13.7. The highest BCUT2D eigenvalue weighted by Gasteiger charge is 2.33. The van der Waals surface area contributed by atoms with Crippen molar-refractivity contribution >= 4 is 0 Å². The Morgan fingerprint density at radius 2 is 2.00 bits per heavy atom. The van der Waals surface area contributed by atoms with Crippen LogP contribution in [0.15, 0.2) is 11.6 Å². The maximum absolute atomic E-state index is 9.50. The molecule has 2 nitrogen and oxygen atoms in total. The Bertz CT molecular complexity index is 225. The first-order chi connectivity index (χ1) is 7.58. The van der Waals surface area contributed by atoms with Crippen LogP contribution < -0.4 is 5.32 Å². The van der Waals surface area contributed by atoms with E-state index in [0.717, 1.165) is 25.7 Å². The molecule has 0 spiro atoms. The summed E-state index contributed by atoms with van der Waals surface area (Å²) in [5.41, 5.74) is 1.43. The van der Waals surface area contributed by atoms with E-state index in [9.17, 15) is 5.11 Å². The standard InChI is InChI=1S/C14H27NO/c1-12(2)7-6-8-13(3)15-14(11-16)9-4-5-10-14/h7,13,15-16H,4-6,8-11H2,1-3H3. The molecule has 2 heteroatoms. The van der Waals surface area contributed by atoms with Crippen molar-refractivity contribution in [2.24, 2.45) is 0 Å². The summed E-state index contributed by atoms with van der Waals surface area (Å²) in [6.07, 6.45) is 9.37. The van der Waals surface area contributed by atoms with Crippen LogP contribution in [0.1, 0.15) is 59.3 Å². The summed E-state index contributed by atoms with van der Waals surface area (Å²) in [5.74, 6) is 0. The van der Waals surface area contributed by atoms with Crippen molar-refractivity contribution in [2.75, 3.05) is 6.61 Å². The number of aliphatic hydroxyl groups excluding tert-OH is 1. The average molecular weight is 225 g/mol. The number of hydrogen-bond acceptors (Lipinski definition) is 2. The number of nitrogens with one attached hydrogen (secondary N) is 1. The molecule has 0 heterocycles. The van der Waals surface area contributed by atoms with Gasteiger partial charge in [-0.1, -0.05) is 24.5 Å². The van der Waals surface area contributed by atoms with Crippen LogP contribution in [0.4, 0.5) is 0 Å². The minimum atomic E-state index is 0.0321. The molecule has 1 aliphatic rings. The van der Waals surface area contributed by atoms with Crippen molar-refractivity contribution in [2.45, 2.75) is 70.9 Å². The molecule has 1 aliphatic carbocycles. The molecule has 0 saturated heterocycles. The van der Waals surface area contributed by atoms with E-state index in [4.69, 9.17) is 0 Å². The molecule has 0 aliphatic heterocycles. The van der Waals surface area contributed by atoms with Crippen molar-refractivity contribution in [3.63, 3.8) is 0 Å². The predicted molar refractivity (Wildman–Crippen MR) is 69.5 cm³/mol. The van der Waals surface area contributed by atoms with Crippen molar-refractivity contribution < 1.29 is 5.11 Å². The summed E-state index contributed by atoms with van der Waals surface area (Å²) < 4.78 is 0. The quantitative estimate of drug-likeness (QED) is 0.681. The monoisotopic (exact) mass is 225 g/mol. The lowest BCUT2D eigenvalue weighted by Crippen LogP contribution is -2.50. The number of rotatable bonds is 6. The minimum Gasteiger partial charge on any atom is -0.394 e. The first-order valence-corrected chi connectivity index (χ1v) is 6.60. The summed E-state index contributed by atoms with van der Waals surface area (Å²) in [6, 6.07) is 0.501. The molecule has 2 N–H and O–H groups in total. The van der Waals surface area contributed by atoms with Crippen molar-refractivity contribution in [1.82, 2.24) is 5.32 Å². The van der Waals surface area contributed by atoms with Crippen molar-refractivity contribution in [3.05, 3.63) is 11.6 Å². The molecule has 16 heavy (non-hydrogen) atoms. The Balaban J connectivity index is 2.32. The SMILES string of the molecule is CC(C)=CCCC(C)NC1(CO)CCCC1. The van der Waals surface area contributed by atoms with Gasteiger partial charge in [-0.25, -0.2) is 0 Å². The van der Waals surface area contributed by atoms with E-state index in [0.29, 0.717) is 12.6 Å². The van der Waals surface area contributed by atoms with E-state index in [1.54, 1.807) is 0 Å². The van der Waals surface area contributed by atoms with E-state index in [1.807, 2.05) is 0 Å². The summed E-state index contributed by atoms with van der Waals surface area (Å²) in [4.78, 5) is 0. The van der Waals surface area contributed by atoms with Crippen LogP contribution in [0, 0.1) is 0 Å². The summed E-state index contributed by atoms with van der Waals surface area (Å²) >= 11 is 0. The van der Waals surface area contributed by atoms with Crippen LogP contribution in [0.25, 0.3) is 0 Å². The second-order valence-corrected chi connectivity index (χ2v) is 5.55. The zero-order valence-electron chi connectivity index (χ0n) is 11.1. The van der Waals surface area contributed by atoms with Crippen molar-refractivity contribution in [1.29, 1.82) is 0 Å². The van der Waals surface area contributed by atoms with Gasteiger partial charge in [0.1, 0.15) is 0 Å². The molecule has 1 fully saturated rings. The Hall–Kier alpha value is -0.340. The van der Waals surface area contributed by atoms with Gasteiger partial charge >= 0.3 is 0 Å². The van der Waals surface area contributed by atoms with Gasteiger partial charge in [0, 0.05) is 11.6 Å². The van der Waals surface area contributed by atoms with Crippen LogP contribution in [-0.4, -0.2) is 23.3 Å². The smallest absolute Gasteiger partial charge is 0.0613 e. The largest absolute Gasteiger partial charge is 0.394 e. The second kappa shape index (κ2) is 6.41.